The van der Waals surface area contributed by atoms with Crippen LogP contribution in [0.15, 0.2) is 0 Å². The van der Waals surface area contributed by atoms with E-state index in [1.807, 2.05) is 13.8 Å². The zero-order valence-corrected chi connectivity index (χ0v) is 11.2. The third-order valence-electron chi connectivity index (χ3n) is 2.43. The summed E-state index contributed by atoms with van der Waals surface area (Å²) in [6.45, 7) is 10.9. The van der Waals surface area contributed by atoms with Crippen LogP contribution in [0.25, 0.3) is 0 Å². The van der Waals surface area contributed by atoms with Crippen LogP contribution in [0, 0.1) is 16.7 Å². The lowest BCUT2D eigenvalue weighted by Crippen LogP contribution is -2.22. The molecule has 0 aromatic carbocycles. The molecule has 0 aliphatic heterocycles. The Hall–Kier alpha value is -0.590. The van der Waals surface area contributed by atoms with Gasteiger partial charge in [-0.25, -0.2) is 0 Å². The van der Waals surface area contributed by atoms with Crippen molar-refractivity contribution in [2.45, 2.75) is 53.1 Å². The Kier molecular flexibility index (Phi) is 8.23. The summed E-state index contributed by atoms with van der Waals surface area (Å²) in [6, 6.07) is 2.30. The largest absolute Gasteiger partial charge is 0.379 e. The van der Waals surface area contributed by atoms with E-state index in [1.165, 1.54) is 0 Å². The molecule has 0 radical (unpaired) electrons. The minimum Gasteiger partial charge on any atom is -0.379 e. The number of ether oxygens (including phenoxy) is 1. The Balaban J connectivity index is 3.20. The highest BCUT2D eigenvalue weighted by molar-refractivity contribution is 4.91. The van der Waals surface area contributed by atoms with Crippen molar-refractivity contribution in [3.8, 4) is 6.07 Å². The first kappa shape index (κ1) is 15.4. The van der Waals surface area contributed by atoms with Gasteiger partial charge in [-0.05, 0) is 60.0 Å². The first-order valence-electron chi connectivity index (χ1n) is 6.21. The van der Waals surface area contributed by atoms with Crippen molar-refractivity contribution < 1.29 is 4.74 Å². The van der Waals surface area contributed by atoms with Crippen LogP contribution in [0.3, 0.4) is 0 Å². The number of hydrogen-bond acceptors (Lipinski definition) is 3. The van der Waals surface area contributed by atoms with Gasteiger partial charge in [-0.3, -0.25) is 0 Å². The lowest BCUT2D eigenvalue weighted by atomic mass is 9.91. The number of nitrogens with zero attached hydrogens (tertiary/aromatic N) is 1. The van der Waals surface area contributed by atoms with E-state index in [1.54, 1.807) is 0 Å². The first-order valence-corrected chi connectivity index (χ1v) is 6.21. The van der Waals surface area contributed by atoms with Crippen molar-refractivity contribution in [3.63, 3.8) is 0 Å². The van der Waals surface area contributed by atoms with Crippen LogP contribution in [0.2, 0.25) is 0 Å². The molecule has 1 N–H and O–H groups in total. The second kappa shape index (κ2) is 8.55. The van der Waals surface area contributed by atoms with Gasteiger partial charge in [-0.2, -0.15) is 5.26 Å². The molecule has 0 saturated heterocycles. The van der Waals surface area contributed by atoms with Gasteiger partial charge in [-0.1, -0.05) is 0 Å². The van der Waals surface area contributed by atoms with Crippen LogP contribution < -0.4 is 5.32 Å². The Morgan fingerprint density at radius 3 is 2.50 bits per heavy atom. The number of hydrogen-bond donors (Lipinski definition) is 1. The summed E-state index contributed by atoms with van der Waals surface area (Å²) >= 11 is 0. The smallest absolute Gasteiger partial charge is 0.0684 e. The van der Waals surface area contributed by atoms with Crippen LogP contribution in [0.4, 0.5) is 0 Å². The lowest BCUT2D eigenvalue weighted by Gasteiger charge is -2.15. The highest BCUT2D eigenvalue weighted by Crippen LogP contribution is 2.16. The van der Waals surface area contributed by atoms with Crippen LogP contribution >= 0.6 is 0 Å². The molecule has 3 nitrogen and oxygen atoms in total. The highest BCUT2D eigenvalue weighted by atomic mass is 16.5. The maximum absolute atomic E-state index is 8.82. The second-order valence-corrected chi connectivity index (χ2v) is 5.12. The van der Waals surface area contributed by atoms with E-state index in [2.05, 4.69) is 25.2 Å². The van der Waals surface area contributed by atoms with Crippen molar-refractivity contribution in [3.05, 3.63) is 0 Å². The fourth-order valence-electron chi connectivity index (χ4n) is 1.25. The zero-order chi connectivity index (χ0) is 12.4. The first-order chi connectivity index (χ1) is 7.48. The SMILES string of the molecule is CC(C)OCCCCNCCC(C)(C)C#N. The third-order valence-corrected chi connectivity index (χ3v) is 2.43. The monoisotopic (exact) mass is 226 g/mol. The fourth-order valence-corrected chi connectivity index (χ4v) is 1.25. The molecule has 0 aromatic heterocycles. The molecule has 0 heterocycles. The maximum Gasteiger partial charge on any atom is 0.0684 e. The molecular formula is C13H26N2O. The van der Waals surface area contributed by atoms with Gasteiger partial charge in [-0.15, -0.1) is 0 Å². The molecule has 0 saturated carbocycles. The third kappa shape index (κ3) is 9.95. The van der Waals surface area contributed by atoms with Gasteiger partial charge in [0.05, 0.1) is 17.6 Å². The van der Waals surface area contributed by atoms with Gasteiger partial charge in [0.25, 0.3) is 0 Å². The zero-order valence-electron chi connectivity index (χ0n) is 11.2. The molecule has 0 aliphatic carbocycles. The number of unbranched alkanes of at least 4 members (excludes halogenated alkanes) is 1. The Bertz CT molecular complexity index is 206. The summed E-state index contributed by atoms with van der Waals surface area (Å²) in [6.07, 6.45) is 3.49. The van der Waals surface area contributed by atoms with E-state index in [4.69, 9.17) is 10.00 Å². The van der Waals surface area contributed by atoms with E-state index in [9.17, 15) is 0 Å². The molecule has 0 aliphatic rings. The molecule has 94 valence electrons. The van der Waals surface area contributed by atoms with Gasteiger partial charge in [0.2, 0.25) is 0 Å². The summed E-state index contributed by atoms with van der Waals surface area (Å²) in [5.41, 5.74) is -0.201. The standard InChI is InChI=1S/C13H26N2O/c1-12(2)16-10-6-5-8-15-9-7-13(3,4)11-14/h12,15H,5-10H2,1-4H3. The van der Waals surface area contributed by atoms with Gasteiger partial charge in [0, 0.05) is 6.61 Å². The van der Waals surface area contributed by atoms with Crippen molar-refractivity contribution in [1.82, 2.24) is 5.32 Å². The predicted octanol–water partition coefficient (Wildman–Crippen LogP) is 2.72. The highest BCUT2D eigenvalue weighted by Gasteiger charge is 2.14. The normalized spacial score (nSPS) is 11.8. The van der Waals surface area contributed by atoms with Crippen molar-refractivity contribution in [1.29, 1.82) is 5.26 Å². The van der Waals surface area contributed by atoms with Crippen LogP contribution in [-0.4, -0.2) is 25.8 Å². The van der Waals surface area contributed by atoms with Crippen LogP contribution in [-0.2, 0) is 4.74 Å². The van der Waals surface area contributed by atoms with E-state index in [0.717, 1.165) is 39.0 Å². The minimum absolute atomic E-state index is 0.201. The molecule has 0 spiro atoms. The van der Waals surface area contributed by atoms with E-state index in [0.29, 0.717) is 6.10 Å². The molecule has 3 heteroatoms. The summed E-state index contributed by atoms with van der Waals surface area (Å²) < 4.78 is 5.45. The average molecular weight is 226 g/mol. The number of nitrogens with one attached hydrogen (secondary N) is 1. The lowest BCUT2D eigenvalue weighted by molar-refractivity contribution is 0.0760. The number of rotatable bonds is 9. The van der Waals surface area contributed by atoms with Gasteiger partial charge in [0.15, 0.2) is 0 Å². The summed E-state index contributed by atoms with van der Waals surface area (Å²) in [5.74, 6) is 0. The van der Waals surface area contributed by atoms with E-state index >= 15 is 0 Å². The van der Waals surface area contributed by atoms with Crippen LogP contribution in [0.1, 0.15) is 47.0 Å². The van der Waals surface area contributed by atoms with E-state index < -0.39 is 0 Å². The van der Waals surface area contributed by atoms with Gasteiger partial charge < -0.3 is 10.1 Å². The fraction of sp³-hybridized carbons (Fsp3) is 0.923. The van der Waals surface area contributed by atoms with E-state index in [-0.39, 0.29) is 5.41 Å². The minimum atomic E-state index is -0.201. The van der Waals surface area contributed by atoms with Gasteiger partial charge >= 0.3 is 0 Å². The molecule has 0 fully saturated rings. The molecule has 0 aromatic rings. The van der Waals surface area contributed by atoms with Gasteiger partial charge in [0.1, 0.15) is 0 Å². The predicted molar refractivity (Wildman–Crippen MR) is 67.2 cm³/mol. The molecule has 0 rings (SSSR count). The summed E-state index contributed by atoms with van der Waals surface area (Å²) in [5, 5.41) is 12.2. The van der Waals surface area contributed by atoms with Crippen molar-refractivity contribution in [2.24, 2.45) is 5.41 Å². The Morgan fingerprint density at radius 2 is 1.94 bits per heavy atom. The molecule has 0 bridgehead atoms. The molecule has 0 atom stereocenters. The average Bonchev–Trinajstić information content (AvgIpc) is 2.21. The second-order valence-electron chi connectivity index (χ2n) is 5.12. The number of nitriles is 1. The van der Waals surface area contributed by atoms with Crippen molar-refractivity contribution >= 4 is 0 Å². The maximum atomic E-state index is 8.82. The van der Waals surface area contributed by atoms with Crippen molar-refractivity contribution in [2.75, 3.05) is 19.7 Å². The Morgan fingerprint density at radius 1 is 1.25 bits per heavy atom. The topological polar surface area (TPSA) is 45.0 Å². The summed E-state index contributed by atoms with van der Waals surface area (Å²) in [4.78, 5) is 0. The molecule has 0 unspecified atom stereocenters. The quantitative estimate of drug-likeness (QED) is 0.615. The molecular weight excluding hydrogens is 200 g/mol. The van der Waals surface area contributed by atoms with Crippen LogP contribution in [0.5, 0.6) is 0 Å². The molecule has 0 amide bonds. The molecule has 16 heavy (non-hydrogen) atoms. The summed E-state index contributed by atoms with van der Waals surface area (Å²) in [7, 11) is 0. The Labute approximate surface area is 100 Å².